The maximum atomic E-state index is 11.2. The molecule has 0 bridgehead atoms. The third-order valence-corrected chi connectivity index (χ3v) is 2.36. The van der Waals surface area contributed by atoms with E-state index in [4.69, 9.17) is 16.2 Å². The van der Waals surface area contributed by atoms with Crippen molar-refractivity contribution in [3.05, 3.63) is 23.8 Å². The predicted molar refractivity (Wildman–Crippen MR) is 73.5 cm³/mol. The highest BCUT2D eigenvalue weighted by Crippen LogP contribution is 2.22. The Morgan fingerprint density at radius 1 is 1.44 bits per heavy atom. The summed E-state index contributed by atoms with van der Waals surface area (Å²) >= 11 is 0. The van der Waals surface area contributed by atoms with E-state index < -0.39 is 5.91 Å². The molecule has 0 aliphatic rings. The molecule has 5 N–H and O–H groups in total. The highest BCUT2D eigenvalue weighted by Gasteiger charge is 2.10. The predicted octanol–water partition coefficient (Wildman–Crippen LogP) is 1.45. The van der Waals surface area contributed by atoms with Crippen molar-refractivity contribution in [1.29, 1.82) is 0 Å². The molecule has 0 spiro atoms. The molecule has 18 heavy (non-hydrogen) atoms. The largest absolute Gasteiger partial charge is 0.397 e. The lowest BCUT2D eigenvalue weighted by Crippen LogP contribution is -2.18. The van der Waals surface area contributed by atoms with E-state index >= 15 is 0 Å². The standard InChI is InChI=1S/C13H21N3O2/c1-9(2)8-18-7-6-16-12-10(13(15)17)4-3-5-11(12)14/h3-5,9,16H,6-8,14H2,1-2H3,(H2,15,17). The van der Waals surface area contributed by atoms with Crippen LogP contribution in [0.5, 0.6) is 0 Å². The fourth-order valence-corrected chi connectivity index (χ4v) is 1.54. The minimum absolute atomic E-state index is 0.402. The van der Waals surface area contributed by atoms with Crippen molar-refractivity contribution in [3.63, 3.8) is 0 Å². The molecule has 0 heterocycles. The van der Waals surface area contributed by atoms with Crippen LogP contribution in [0.3, 0.4) is 0 Å². The molecule has 0 unspecified atom stereocenters. The van der Waals surface area contributed by atoms with E-state index in [1.54, 1.807) is 18.2 Å². The maximum absolute atomic E-state index is 11.2. The Labute approximate surface area is 107 Å². The van der Waals surface area contributed by atoms with Gasteiger partial charge in [-0.25, -0.2) is 0 Å². The molecule has 1 rings (SSSR count). The first-order valence-corrected chi connectivity index (χ1v) is 6.02. The third kappa shape index (κ3) is 4.25. The van der Waals surface area contributed by atoms with Crippen LogP contribution in [0, 0.1) is 5.92 Å². The summed E-state index contributed by atoms with van der Waals surface area (Å²) < 4.78 is 5.44. The fourth-order valence-electron chi connectivity index (χ4n) is 1.54. The van der Waals surface area contributed by atoms with Crippen molar-refractivity contribution in [2.45, 2.75) is 13.8 Å². The van der Waals surface area contributed by atoms with Crippen molar-refractivity contribution in [2.24, 2.45) is 11.7 Å². The van der Waals surface area contributed by atoms with E-state index in [9.17, 15) is 4.79 Å². The first-order chi connectivity index (χ1) is 8.52. The van der Waals surface area contributed by atoms with Gasteiger partial charge in [-0.05, 0) is 18.1 Å². The van der Waals surface area contributed by atoms with Gasteiger partial charge in [-0.1, -0.05) is 19.9 Å². The Hall–Kier alpha value is -1.75. The summed E-state index contributed by atoms with van der Waals surface area (Å²) in [6.45, 7) is 6.04. The van der Waals surface area contributed by atoms with Crippen LogP contribution in [0.15, 0.2) is 18.2 Å². The van der Waals surface area contributed by atoms with E-state index in [2.05, 4.69) is 19.2 Å². The average molecular weight is 251 g/mol. The number of nitrogens with one attached hydrogen (secondary N) is 1. The van der Waals surface area contributed by atoms with E-state index in [0.29, 0.717) is 42.6 Å². The Bertz CT molecular complexity index is 405. The van der Waals surface area contributed by atoms with Crippen LogP contribution in [0.1, 0.15) is 24.2 Å². The molecule has 5 nitrogen and oxygen atoms in total. The second-order valence-corrected chi connectivity index (χ2v) is 4.53. The molecule has 0 fully saturated rings. The molecule has 0 atom stereocenters. The summed E-state index contributed by atoms with van der Waals surface area (Å²) in [6, 6.07) is 5.08. The summed E-state index contributed by atoms with van der Waals surface area (Å²) in [5, 5.41) is 3.09. The molecule has 5 heteroatoms. The van der Waals surface area contributed by atoms with E-state index in [1.165, 1.54) is 0 Å². The number of hydrogen-bond acceptors (Lipinski definition) is 4. The van der Waals surface area contributed by atoms with Crippen LogP contribution in [0.2, 0.25) is 0 Å². The maximum Gasteiger partial charge on any atom is 0.250 e. The smallest absolute Gasteiger partial charge is 0.250 e. The number of nitrogens with two attached hydrogens (primary N) is 2. The first-order valence-electron chi connectivity index (χ1n) is 6.02. The summed E-state index contributed by atoms with van der Waals surface area (Å²) in [6.07, 6.45) is 0. The Morgan fingerprint density at radius 2 is 2.17 bits per heavy atom. The number of para-hydroxylation sites is 1. The van der Waals surface area contributed by atoms with Gasteiger partial charge in [0.1, 0.15) is 0 Å². The second kappa shape index (κ2) is 6.86. The lowest BCUT2D eigenvalue weighted by Gasteiger charge is -2.13. The van der Waals surface area contributed by atoms with Gasteiger partial charge < -0.3 is 21.5 Å². The summed E-state index contributed by atoms with van der Waals surface area (Å²) in [4.78, 5) is 11.2. The normalized spacial score (nSPS) is 10.6. The van der Waals surface area contributed by atoms with Crippen LogP contribution >= 0.6 is 0 Å². The number of carbonyl (C=O) groups is 1. The van der Waals surface area contributed by atoms with Gasteiger partial charge in [0.15, 0.2) is 0 Å². The first kappa shape index (κ1) is 14.3. The molecule has 0 saturated heterocycles. The number of hydrogen-bond donors (Lipinski definition) is 3. The Balaban J connectivity index is 2.53. The van der Waals surface area contributed by atoms with Gasteiger partial charge in [0, 0.05) is 13.2 Å². The van der Waals surface area contributed by atoms with Crippen molar-refractivity contribution >= 4 is 17.3 Å². The molecule has 0 aromatic heterocycles. The number of anilines is 2. The summed E-state index contributed by atoms with van der Waals surface area (Å²) in [5.74, 6) is 0.0147. The number of nitrogen functional groups attached to an aromatic ring is 1. The monoisotopic (exact) mass is 251 g/mol. The van der Waals surface area contributed by atoms with Crippen LogP contribution in [0.25, 0.3) is 0 Å². The van der Waals surface area contributed by atoms with Crippen LogP contribution in [-0.2, 0) is 4.74 Å². The van der Waals surface area contributed by atoms with Crippen molar-refractivity contribution in [1.82, 2.24) is 0 Å². The van der Waals surface area contributed by atoms with Crippen LogP contribution < -0.4 is 16.8 Å². The highest BCUT2D eigenvalue weighted by atomic mass is 16.5. The van der Waals surface area contributed by atoms with Gasteiger partial charge in [-0.2, -0.15) is 0 Å². The lowest BCUT2D eigenvalue weighted by atomic mass is 10.1. The van der Waals surface area contributed by atoms with Gasteiger partial charge in [-0.3, -0.25) is 4.79 Å². The summed E-state index contributed by atoms with van der Waals surface area (Å²) in [7, 11) is 0. The van der Waals surface area contributed by atoms with Gasteiger partial charge in [-0.15, -0.1) is 0 Å². The van der Waals surface area contributed by atoms with Gasteiger partial charge in [0.05, 0.1) is 23.5 Å². The quantitative estimate of drug-likeness (QED) is 0.505. The zero-order valence-corrected chi connectivity index (χ0v) is 10.9. The van der Waals surface area contributed by atoms with Gasteiger partial charge in [0.2, 0.25) is 0 Å². The Morgan fingerprint density at radius 3 is 2.78 bits per heavy atom. The number of amides is 1. The number of primary amides is 1. The molecule has 0 aliphatic heterocycles. The molecule has 1 aromatic rings. The van der Waals surface area contributed by atoms with Gasteiger partial charge >= 0.3 is 0 Å². The minimum atomic E-state index is -0.493. The zero-order valence-electron chi connectivity index (χ0n) is 10.9. The molecule has 1 aromatic carbocycles. The molecular weight excluding hydrogens is 230 g/mol. The van der Waals surface area contributed by atoms with Crippen molar-refractivity contribution < 1.29 is 9.53 Å². The fraction of sp³-hybridized carbons (Fsp3) is 0.462. The lowest BCUT2D eigenvalue weighted by molar-refractivity contribution is 0.100. The summed E-state index contributed by atoms with van der Waals surface area (Å²) in [5.41, 5.74) is 12.6. The molecule has 1 amide bonds. The molecule has 0 radical (unpaired) electrons. The Kier molecular flexibility index (Phi) is 5.45. The topological polar surface area (TPSA) is 90.4 Å². The van der Waals surface area contributed by atoms with Crippen LogP contribution in [0.4, 0.5) is 11.4 Å². The molecule has 0 saturated carbocycles. The van der Waals surface area contributed by atoms with E-state index in [-0.39, 0.29) is 0 Å². The minimum Gasteiger partial charge on any atom is -0.397 e. The van der Waals surface area contributed by atoms with Crippen molar-refractivity contribution in [3.8, 4) is 0 Å². The third-order valence-electron chi connectivity index (χ3n) is 2.36. The van der Waals surface area contributed by atoms with E-state index in [1.807, 2.05) is 0 Å². The van der Waals surface area contributed by atoms with E-state index in [0.717, 1.165) is 0 Å². The zero-order chi connectivity index (χ0) is 13.5. The van der Waals surface area contributed by atoms with Gasteiger partial charge in [0.25, 0.3) is 5.91 Å². The van der Waals surface area contributed by atoms with Crippen molar-refractivity contribution in [2.75, 3.05) is 30.8 Å². The molecule has 0 aliphatic carbocycles. The second-order valence-electron chi connectivity index (χ2n) is 4.53. The number of benzene rings is 1. The molecular formula is C13H21N3O2. The SMILES string of the molecule is CC(C)COCCNc1c(N)cccc1C(N)=O. The molecule has 100 valence electrons. The highest BCUT2D eigenvalue weighted by molar-refractivity contribution is 6.01. The average Bonchev–Trinajstić information content (AvgIpc) is 2.29. The number of ether oxygens (including phenoxy) is 1. The number of carbonyl (C=O) groups excluding carboxylic acids is 1. The number of rotatable bonds is 7. The van der Waals surface area contributed by atoms with Crippen LogP contribution in [-0.4, -0.2) is 25.7 Å².